The predicted molar refractivity (Wildman–Crippen MR) is 79.1 cm³/mol. The van der Waals surface area contributed by atoms with E-state index in [9.17, 15) is 0 Å². The zero-order valence-corrected chi connectivity index (χ0v) is 11.7. The standard InChI is InChI=1S/C16H19N3O/c1-13-10-16(18-12-17-13)19-9-5-6-14(19)11-20-15-7-3-2-4-8-15/h2-4,7-8,10,12,14H,5-6,9,11H2,1H3/t14-/m1/s1. The van der Waals surface area contributed by atoms with Gasteiger partial charge in [-0.15, -0.1) is 0 Å². The van der Waals surface area contributed by atoms with E-state index in [1.165, 1.54) is 6.42 Å². The summed E-state index contributed by atoms with van der Waals surface area (Å²) in [6, 6.07) is 12.4. The number of para-hydroxylation sites is 1. The van der Waals surface area contributed by atoms with E-state index in [-0.39, 0.29) is 0 Å². The summed E-state index contributed by atoms with van der Waals surface area (Å²) in [4.78, 5) is 10.9. The van der Waals surface area contributed by atoms with Gasteiger partial charge in [0.25, 0.3) is 0 Å². The fourth-order valence-corrected chi connectivity index (χ4v) is 2.62. The highest BCUT2D eigenvalue weighted by atomic mass is 16.5. The van der Waals surface area contributed by atoms with Crippen LogP contribution in [0.1, 0.15) is 18.5 Å². The normalized spacial score (nSPS) is 18.2. The van der Waals surface area contributed by atoms with Crippen LogP contribution in [-0.4, -0.2) is 29.2 Å². The lowest BCUT2D eigenvalue weighted by Crippen LogP contribution is -2.34. The molecule has 0 aliphatic carbocycles. The number of hydrogen-bond donors (Lipinski definition) is 0. The van der Waals surface area contributed by atoms with Crippen molar-refractivity contribution in [3.05, 3.63) is 48.4 Å². The Bertz CT molecular complexity index is 559. The molecule has 4 nitrogen and oxygen atoms in total. The number of aryl methyl sites for hydroxylation is 1. The van der Waals surface area contributed by atoms with E-state index >= 15 is 0 Å². The molecule has 2 heterocycles. The van der Waals surface area contributed by atoms with Crippen LogP contribution in [-0.2, 0) is 0 Å². The van der Waals surface area contributed by atoms with Crippen molar-refractivity contribution in [3.8, 4) is 5.75 Å². The Morgan fingerprint density at radius 1 is 1.25 bits per heavy atom. The Hall–Kier alpha value is -2.10. The maximum atomic E-state index is 5.89. The second kappa shape index (κ2) is 5.90. The molecule has 1 atom stereocenters. The second-order valence-corrected chi connectivity index (χ2v) is 5.13. The van der Waals surface area contributed by atoms with E-state index in [1.807, 2.05) is 43.3 Å². The Balaban J connectivity index is 1.67. The topological polar surface area (TPSA) is 38.2 Å². The molecule has 1 fully saturated rings. The largest absolute Gasteiger partial charge is 0.491 e. The van der Waals surface area contributed by atoms with Crippen LogP contribution in [0, 0.1) is 6.92 Å². The van der Waals surface area contributed by atoms with Gasteiger partial charge >= 0.3 is 0 Å². The van der Waals surface area contributed by atoms with Gasteiger partial charge in [0, 0.05) is 18.3 Å². The van der Waals surface area contributed by atoms with Gasteiger partial charge in [0.2, 0.25) is 0 Å². The molecule has 1 aromatic heterocycles. The van der Waals surface area contributed by atoms with Crippen LogP contribution < -0.4 is 9.64 Å². The van der Waals surface area contributed by atoms with E-state index < -0.39 is 0 Å². The zero-order valence-electron chi connectivity index (χ0n) is 11.7. The Labute approximate surface area is 119 Å². The Morgan fingerprint density at radius 2 is 2.10 bits per heavy atom. The molecular weight excluding hydrogens is 250 g/mol. The molecule has 0 radical (unpaired) electrons. The summed E-state index contributed by atoms with van der Waals surface area (Å²) in [5.41, 5.74) is 1.00. The summed E-state index contributed by atoms with van der Waals surface area (Å²) in [6.07, 6.45) is 3.97. The molecule has 1 aliphatic rings. The average molecular weight is 269 g/mol. The summed E-state index contributed by atoms with van der Waals surface area (Å²) in [6.45, 7) is 3.74. The lowest BCUT2D eigenvalue weighted by molar-refractivity contribution is 0.288. The highest BCUT2D eigenvalue weighted by Gasteiger charge is 2.26. The summed E-state index contributed by atoms with van der Waals surface area (Å²) in [5.74, 6) is 1.94. The van der Waals surface area contributed by atoms with Crippen molar-refractivity contribution < 1.29 is 4.74 Å². The first kappa shape index (κ1) is 12.9. The van der Waals surface area contributed by atoms with Crippen molar-refractivity contribution in [3.63, 3.8) is 0 Å². The number of nitrogens with zero attached hydrogens (tertiary/aromatic N) is 3. The smallest absolute Gasteiger partial charge is 0.132 e. The fourth-order valence-electron chi connectivity index (χ4n) is 2.62. The van der Waals surface area contributed by atoms with Crippen LogP contribution in [0.3, 0.4) is 0 Å². The van der Waals surface area contributed by atoms with Gasteiger partial charge in [0.05, 0.1) is 6.04 Å². The SMILES string of the molecule is Cc1cc(N2CCC[C@@H]2COc2ccccc2)ncn1. The average Bonchev–Trinajstić information content (AvgIpc) is 2.95. The van der Waals surface area contributed by atoms with Gasteiger partial charge in [-0.25, -0.2) is 9.97 Å². The number of aromatic nitrogens is 2. The van der Waals surface area contributed by atoms with Gasteiger partial charge in [-0.3, -0.25) is 0 Å². The van der Waals surface area contributed by atoms with E-state index in [2.05, 4.69) is 14.9 Å². The molecule has 0 spiro atoms. The monoisotopic (exact) mass is 269 g/mol. The van der Waals surface area contributed by atoms with Crippen molar-refractivity contribution in [2.45, 2.75) is 25.8 Å². The lowest BCUT2D eigenvalue weighted by atomic mass is 10.2. The van der Waals surface area contributed by atoms with E-state index in [4.69, 9.17) is 4.74 Å². The van der Waals surface area contributed by atoms with Crippen molar-refractivity contribution in [2.24, 2.45) is 0 Å². The fraction of sp³-hybridized carbons (Fsp3) is 0.375. The zero-order chi connectivity index (χ0) is 13.8. The summed E-state index contributed by atoms with van der Waals surface area (Å²) < 4.78 is 5.89. The van der Waals surface area contributed by atoms with E-state index in [0.717, 1.165) is 30.2 Å². The molecule has 0 saturated carbocycles. The van der Waals surface area contributed by atoms with Gasteiger partial charge in [-0.2, -0.15) is 0 Å². The van der Waals surface area contributed by atoms with Crippen molar-refractivity contribution in [1.82, 2.24) is 9.97 Å². The molecule has 3 rings (SSSR count). The lowest BCUT2D eigenvalue weighted by Gasteiger charge is -2.25. The van der Waals surface area contributed by atoms with Gasteiger partial charge in [-0.05, 0) is 31.9 Å². The summed E-state index contributed by atoms with van der Waals surface area (Å²) in [7, 11) is 0. The molecule has 0 bridgehead atoms. The highest BCUT2D eigenvalue weighted by Crippen LogP contribution is 2.24. The van der Waals surface area contributed by atoms with Crippen LogP contribution in [0.4, 0.5) is 5.82 Å². The summed E-state index contributed by atoms with van der Waals surface area (Å²) in [5, 5.41) is 0. The first-order valence-corrected chi connectivity index (χ1v) is 7.06. The van der Waals surface area contributed by atoms with Gasteiger partial charge in [-0.1, -0.05) is 18.2 Å². The number of anilines is 1. The molecule has 2 aromatic rings. The predicted octanol–water partition coefficient (Wildman–Crippen LogP) is 2.83. The maximum absolute atomic E-state index is 5.89. The minimum absolute atomic E-state index is 0.393. The number of rotatable bonds is 4. The van der Waals surface area contributed by atoms with Crippen LogP contribution in [0.25, 0.3) is 0 Å². The highest BCUT2D eigenvalue weighted by molar-refractivity contribution is 5.41. The molecule has 20 heavy (non-hydrogen) atoms. The van der Waals surface area contributed by atoms with Gasteiger partial charge in [0.15, 0.2) is 0 Å². The molecule has 0 unspecified atom stereocenters. The quantitative estimate of drug-likeness (QED) is 0.855. The first-order valence-electron chi connectivity index (χ1n) is 7.06. The molecule has 1 aromatic carbocycles. The molecule has 1 aliphatic heterocycles. The van der Waals surface area contributed by atoms with Crippen molar-refractivity contribution in [1.29, 1.82) is 0 Å². The van der Waals surface area contributed by atoms with Crippen molar-refractivity contribution >= 4 is 5.82 Å². The summed E-state index contributed by atoms with van der Waals surface area (Å²) >= 11 is 0. The van der Waals surface area contributed by atoms with Crippen LogP contribution >= 0.6 is 0 Å². The molecule has 0 N–H and O–H groups in total. The third-order valence-corrected chi connectivity index (χ3v) is 3.65. The number of benzene rings is 1. The molecule has 1 saturated heterocycles. The van der Waals surface area contributed by atoms with Crippen LogP contribution in [0.15, 0.2) is 42.7 Å². The molecule has 4 heteroatoms. The van der Waals surface area contributed by atoms with E-state index in [1.54, 1.807) is 6.33 Å². The van der Waals surface area contributed by atoms with Gasteiger partial charge < -0.3 is 9.64 Å². The Morgan fingerprint density at radius 3 is 2.90 bits per heavy atom. The third-order valence-electron chi connectivity index (χ3n) is 3.65. The molecule has 0 amide bonds. The molecular formula is C16H19N3O. The second-order valence-electron chi connectivity index (χ2n) is 5.13. The number of ether oxygens (including phenoxy) is 1. The molecule has 104 valence electrons. The van der Waals surface area contributed by atoms with Crippen molar-refractivity contribution in [2.75, 3.05) is 18.1 Å². The number of hydrogen-bond acceptors (Lipinski definition) is 4. The first-order chi connectivity index (χ1) is 9.83. The Kier molecular flexibility index (Phi) is 3.81. The van der Waals surface area contributed by atoms with E-state index in [0.29, 0.717) is 12.6 Å². The van der Waals surface area contributed by atoms with Crippen LogP contribution in [0.2, 0.25) is 0 Å². The third kappa shape index (κ3) is 2.90. The van der Waals surface area contributed by atoms with Crippen LogP contribution in [0.5, 0.6) is 5.75 Å². The maximum Gasteiger partial charge on any atom is 0.132 e. The minimum atomic E-state index is 0.393. The van der Waals surface area contributed by atoms with Gasteiger partial charge in [0.1, 0.15) is 24.5 Å². The minimum Gasteiger partial charge on any atom is -0.491 e.